The van der Waals surface area contributed by atoms with E-state index in [0.717, 1.165) is 24.5 Å². The molecule has 0 spiro atoms. The Kier molecular flexibility index (Phi) is 6.69. The van der Waals surface area contributed by atoms with Crippen LogP contribution in [0.25, 0.3) is 0 Å². The van der Waals surface area contributed by atoms with Crippen LogP contribution in [-0.2, 0) is 12.4 Å². The third-order valence-electron chi connectivity index (χ3n) is 1.83. The second-order valence-corrected chi connectivity index (χ2v) is 5.35. The number of nitrogens with zero attached hydrogens (tertiary/aromatic N) is 4. The summed E-state index contributed by atoms with van der Waals surface area (Å²) in [4.78, 5) is 13.4. The topological polar surface area (TPSA) is 51.6 Å². The van der Waals surface area contributed by atoms with Crippen LogP contribution in [0.1, 0.15) is 11.4 Å². The molecule has 120 valence electrons. The first-order valence-corrected chi connectivity index (χ1v) is 7.27. The summed E-state index contributed by atoms with van der Waals surface area (Å²) in [6.45, 7) is 0. The third kappa shape index (κ3) is 6.53. The maximum absolute atomic E-state index is 11.9. The van der Waals surface area contributed by atoms with Crippen LogP contribution < -0.4 is 0 Å². The first kappa shape index (κ1) is 19.2. The lowest BCUT2D eigenvalue weighted by Crippen LogP contribution is -2.08. The van der Waals surface area contributed by atoms with Crippen LogP contribution >= 0.6 is 45.2 Å². The number of aromatic nitrogens is 4. The second kappa shape index (κ2) is 7.65. The summed E-state index contributed by atoms with van der Waals surface area (Å²) in [6, 6.07) is 1.67. The molecular weight excluding hydrogens is 544 g/mol. The maximum Gasteiger partial charge on any atom is 0.433 e. The number of rotatable bonds is 0. The van der Waals surface area contributed by atoms with Crippen LogP contribution in [0, 0.1) is 7.66 Å². The van der Waals surface area contributed by atoms with Gasteiger partial charge in [-0.2, -0.15) is 26.3 Å². The lowest BCUT2D eigenvalue weighted by molar-refractivity contribution is -0.142. The molecule has 0 saturated heterocycles. The maximum atomic E-state index is 11.9. The summed E-state index contributed by atoms with van der Waals surface area (Å²) in [6.07, 6.45) is -6.58. The quantitative estimate of drug-likeness (QED) is 0.282. The van der Waals surface area contributed by atoms with Gasteiger partial charge in [-0.1, -0.05) is 0 Å². The predicted octanol–water partition coefficient (Wildman–Crippen LogP) is 4.20. The molecule has 0 bridgehead atoms. The Labute approximate surface area is 147 Å². The molecule has 0 aromatic carbocycles. The van der Waals surface area contributed by atoms with Crippen molar-refractivity contribution in [1.82, 2.24) is 19.9 Å². The number of halogens is 8. The Bertz CT molecular complexity index is 576. The van der Waals surface area contributed by atoms with Crippen molar-refractivity contribution in [3.63, 3.8) is 0 Å². The smallest absolute Gasteiger partial charge is 0.232 e. The van der Waals surface area contributed by atoms with Crippen molar-refractivity contribution in [2.24, 2.45) is 0 Å². The van der Waals surface area contributed by atoms with Crippen LogP contribution in [0.15, 0.2) is 24.5 Å². The summed E-state index contributed by atoms with van der Waals surface area (Å²) in [5.41, 5.74) is -1.81. The standard InChI is InChI=1S/2C5H2F3IN2/c2*6-5(7,8)3-1-2-10-4(9)11-3/h2*1-2H. The van der Waals surface area contributed by atoms with Gasteiger partial charge in [0, 0.05) is 57.6 Å². The molecule has 4 nitrogen and oxygen atoms in total. The SMILES string of the molecule is FC(F)(F)c1ccnc(I)n1.FC(F)(F)c1ccnc(I)n1. The molecule has 0 aliphatic carbocycles. The van der Waals surface area contributed by atoms with E-state index in [1.807, 2.05) is 0 Å². The highest BCUT2D eigenvalue weighted by Gasteiger charge is 2.33. The molecule has 0 atom stereocenters. The zero-order valence-corrected chi connectivity index (χ0v) is 14.4. The van der Waals surface area contributed by atoms with Gasteiger partial charge in [0.05, 0.1) is 0 Å². The zero-order valence-electron chi connectivity index (χ0n) is 10.1. The van der Waals surface area contributed by atoms with Crippen molar-refractivity contribution in [1.29, 1.82) is 0 Å². The lowest BCUT2D eigenvalue weighted by Gasteiger charge is -2.03. The molecule has 2 heterocycles. The van der Waals surface area contributed by atoms with E-state index in [1.165, 1.54) is 0 Å². The van der Waals surface area contributed by atoms with Gasteiger partial charge in [0.25, 0.3) is 0 Å². The first-order chi connectivity index (χ1) is 10.00. The molecule has 0 amide bonds. The van der Waals surface area contributed by atoms with Gasteiger partial charge in [0.15, 0.2) is 7.66 Å². The molecule has 2 aromatic rings. The second-order valence-electron chi connectivity index (χ2n) is 3.42. The van der Waals surface area contributed by atoms with Crippen molar-refractivity contribution < 1.29 is 26.3 Å². The van der Waals surface area contributed by atoms with E-state index in [9.17, 15) is 26.3 Å². The van der Waals surface area contributed by atoms with Crippen LogP contribution in [0.3, 0.4) is 0 Å². The molecule has 0 aliphatic heterocycles. The molecule has 12 heteroatoms. The van der Waals surface area contributed by atoms with Crippen LogP contribution in [0.5, 0.6) is 0 Å². The highest BCUT2D eigenvalue weighted by molar-refractivity contribution is 14.1. The van der Waals surface area contributed by atoms with Crippen molar-refractivity contribution in [2.75, 3.05) is 0 Å². The fourth-order valence-electron chi connectivity index (χ4n) is 0.986. The summed E-state index contributed by atoms with van der Waals surface area (Å²) in [7, 11) is 0. The molecule has 0 unspecified atom stereocenters. The summed E-state index contributed by atoms with van der Waals surface area (Å²) in [5.74, 6) is 0. The Morgan fingerprint density at radius 3 is 1.18 bits per heavy atom. The Balaban J connectivity index is 0.000000220. The van der Waals surface area contributed by atoms with E-state index in [0.29, 0.717) is 0 Å². The van der Waals surface area contributed by atoms with Gasteiger partial charge in [0.2, 0.25) is 0 Å². The number of hydrogen-bond acceptors (Lipinski definition) is 4. The zero-order chi connectivity index (χ0) is 17.0. The first-order valence-electron chi connectivity index (χ1n) is 5.11. The minimum Gasteiger partial charge on any atom is -0.232 e. The van der Waals surface area contributed by atoms with Gasteiger partial charge in [-0.05, 0) is 12.1 Å². The number of hydrogen-bond donors (Lipinski definition) is 0. The molecule has 2 aromatic heterocycles. The average molecular weight is 548 g/mol. The van der Waals surface area contributed by atoms with E-state index in [2.05, 4.69) is 19.9 Å². The van der Waals surface area contributed by atoms with Crippen molar-refractivity contribution in [3.05, 3.63) is 43.6 Å². The van der Waals surface area contributed by atoms with Gasteiger partial charge in [-0.25, -0.2) is 19.9 Å². The third-order valence-corrected chi connectivity index (χ3v) is 2.87. The van der Waals surface area contributed by atoms with Crippen LogP contribution in [0.2, 0.25) is 0 Å². The molecule has 0 aliphatic rings. The highest BCUT2D eigenvalue weighted by atomic mass is 127. The van der Waals surface area contributed by atoms with E-state index in [4.69, 9.17) is 0 Å². The lowest BCUT2D eigenvalue weighted by atomic mass is 10.4. The average Bonchev–Trinajstić information content (AvgIpc) is 2.37. The van der Waals surface area contributed by atoms with E-state index >= 15 is 0 Å². The molecule has 2 rings (SSSR count). The largest absolute Gasteiger partial charge is 0.433 e. The Hall–Kier alpha value is -0.800. The van der Waals surface area contributed by atoms with Gasteiger partial charge in [0.1, 0.15) is 11.4 Å². The minimum absolute atomic E-state index is 0.0948. The van der Waals surface area contributed by atoms with E-state index in [1.54, 1.807) is 45.2 Å². The Morgan fingerprint density at radius 1 is 0.682 bits per heavy atom. The van der Waals surface area contributed by atoms with Gasteiger partial charge in [-0.15, -0.1) is 0 Å². The van der Waals surface area contributed by atoms with Crippen molar-refractivity contribution in [3.8, 4) is 0 Å². The monoisotopic (exact) mass is 548 g/mol. The number of alkyl halides is 6. The van der Waals surface area contributed by atoms with E-state index in [-0.39, 0.29) is 7.66 Å². The summed E-state index contributed by atoms with van der Waals surface area (Å²) in [5, 5.41) is 0. The summed E-state index contributed by atoms with van der Waals surface area (Å²) >= 11 is 3.25. The molecule has 0 radical (unpaired) electrons. The highest BCUT2D eigenvalue weighted by Crippen LogP contribution is 2.27. The van der Waals surface area contributed by atoms with Crippen LogP contribution in [0.4, 0.5) is 26.3 Å². The molecule has 0 fully saturated rings. The van der Waals surface area contributed by atoms with Gasteiger partial charge < -0.3 is 0 Å². The molecule has 0 saturated carbocycles. The van der Waals surface area contributed by atoms with Gasteiger partial charge in [-0.3, -0.25) is 0 Å². The Morgan fingerprint density at radius 2 is 1.00 bits per heavy atom. The van der Waals surface area contributed by atoms with Crippen LogP contribution in [-0.4, -0.2) is 19.9 Å². The fraction of sp³-hybridized carbons (Fsp3) is 0.200. The summed E-state index contributed by atoms with van der Waals surface area (Å²) < 4.78 is 71.4. The fourth-order valence-corrected chi connectivity index (χ4v) is 1.83. The molecule has 22 heavy (non-hydrogen) atoms. The molecular formula is C10H4F6I2N4. The minimum atomic E-state index is -4.37. The normalized spacial score (nSPS) is 11.6. The predicted molar refractivity (Wildman–Crippen MR) is 79.5 cm³/mol. The van der Waals surface area contributed by atoms with E-state index < -0.39 is 23.7 Å². The van der Waals surface area contributed by atoms with Gasteiger partial charge >= 0.3 is 12.4 Å². The molecule has 0 N–H and O–H groups in total. The van der Waals surface area contributed by atoms with Crippen molar-refractivity contribution in [2.45, 2.75) is 12.4 Å². The van der Waals surface area contributed by atoms with Crippen molar-refractivity contribution >= 4 is 45.2 Å².